The van der Waals surface area contributed by atoms with Crippen LogP contribution in [0.2, 0.25) is 0 Å². The van der Waals surface area contributed by atoms with Crippen LogP contribution in [-0.2, 0) is 0 Å². The van der Waals surface area contributed by atoms with Gasteiger partial charge in [-0.2, -0.15) is 15.0 Å². The van der Waals surface area contributed by atoms with E-state index in [4.69, 9.17) is 4.74 Å². The van der Waals surface area contributed by atoms with Gasteiger partial charge in [0.1, 0.15) is 0 Å². The predicted octanol–water partition coefficient (Wildman–Crippen LogP) is 1.30. The number of anilines is 2. The molecule has 0 aliphatic carbocycles. The zero-order valence-corrected chi connectivity index (χ0v) is 12.8. The predicted molar refractivity (Wildman–Crippen MR) is 79.3 cm³/mol. The van der Waals surface area contributed by atoms with Crippen molar-refractivity contribution >= 4 is 11.9 Å². The third-order valence-corrected chi connectivity index (χ3v) is 2.63. The molecule has 0 amide bonds. The quantitative estimate of drug-likeness (QED) is 0.706. The molecule has 0 saturated carbocycles. The van der Waals surface area contributed by atoms with E-state index < -0.39 is 0 Å². The Balaban J connectivity index is 2.83. The number of hydrogen-bond acceptors (Lipinski definition) is 7. The first kappa shape index (κ1) is 16.4. The molecule has 2 N–H and O–H groups in total. The minimum atomic E-state index is -0.344. The van der Waals surface area contributed by atoms with Crippen LogP contribution in [0.5, 0.6) is 6.01 Å². The van der Waals surface area contributed by atoms with Gasteiger partial charge in [0.2, 0.25) is 11.9 Å². The van der Waals surface area contributed by atoms with Crippen LogP contribution < -0.4 is 15.0 Å². The van der Waals surface area contributed by atoms with E-state index in [1.807, 2.05) is 18.9 Å². The van der Waals surface area contributed by atoms with Gasteiger partial charge in [-0.1, -0.05) is 6.92 Å². The third kappa shape index (κ3) is 5.56. The molecule has 1 rings (SSSR count). The van der Waals surface area contributed by atoms with Crippen molar-refractivity contribution in [3.8, 4) is 6.01 Å². The van der Waals surface area contributed by atoms with Gasteiger partial charge in [-0.3, -0.25) is 0 Å². The summed E-state index contributed by atoms with van der Waals surface area (Å²) in [5.74, 6) is 1.06. The fourth-order valence-corrected chi connectivity index (χ4v) is 1.51. The zero-order valence-electron chi connectivity index (χ0n) is 12.8. The van der Waals surface area contributed by atoms with Crippen LogP contribution >= 0.6 is 0 Å². The van der Waals surface area contributed by atoms with Crippen molar-refractivity contribution in [3.05, 3.63) is 0 Å². The zero-order chi connectivity index (χ0) is 15.0. The highest BCUT2D eigenvalue weighted by atomic mass is 16.5. The Morgan fingerprint density at radius 3 is 2.65 bits per heavy atom. The fourth-order valence-electron chi connectivity index (χ4n) is 1.51. The largest absolute Gasteiger partial charge is 0.464 e. The molecule has 0 aliphatic heterocycles. The van der Waals surface area contributed by atoms with Crippen LogP contribution in [0.1, 0.15) is 33.6 Å². The van der Waals surface area contributed by atoms with E-state index in [9.17, 15) is 5.11 Å². The van der Waals surface area contributed by atoms with Crippen molar-refractivity contribution in [2.24, 2.45) is 0 Å². The van der Waals surface area contributed by atoms with Crippen LogP contribution in [0.15, 0.2) is 0 Å². The molecule has 7 heteroatoms. The molecule has 20 heavy (non-hydrogen) atoms. The smallest absolute Gasteiger partial charge is 0.323 e. The molecule has 0 radical (unpaired) electrons. The summed E-state index contributed by atoms with van der Waals surface area (Å²) in [4.78, 5) is 14.7. The lowest BCUT2D eigenvalue weighted by molar-refractivity contribution is 0.186. The first-order valence-electron chi connectivity index (χ1n) is 7.08. The minimum absolute atomic E-state index is 0.319. The average molecular weight is 283 g/mol. The van der Waals surface area contributed by atoms with Crippen molar-refractivity contribution in [1.29, 1.82) is 0 Å². The van der Waals surface area contributed by atoms with E-state index in [2.05, 4.69) is 27.2 Å². The summed E-state index contributed by atoms with van der Waals surface area (Å²) in [7, 11) is 1.89. The van der Waals surface area contributed by atoms with Crippen molar-refractivity contribution in [2.45, 2.75) is 39.7 Å². The lowest BCUT2D eigenvalue weighted by Crippen LogP contribution is -2.24. The molecule has 7 nitrogen and oxygen atoms in total. The lowest BCUT2D eigenvalue weighted by atomic mass is 10.3. The normalized spacial score (nSPS) is 12.1. The monoisotopic (exact) mass is 283 g/mol. The third-order valence-electron chi connectivity index (χ3n) is 2.63. The van der Waals surface area contributed by atoms with Crippen molar-refractivity contribution in [3.63, 3.8) is 0 Å². The number of aliphatic hydroxyl groups is 1. The number of ether oxygens (including phenoxy) is 1. The number of nitrogens with zero attached hydrogens (tertiary/aromatic N) is 4. The van der Waals surface area contributed by atoms with Gasteiger partial charge in [-0.05, 0) is 26.7 Å². The molecule has 0 fully saturated rings. The SMILES string of the molecule is CCCNc1nc(OCC)nc(N(C)CCC(C)O)n1. The number of rotatable bonds is 9. The maximum Gasteiger partial charge on any atom is 0.323 e. The molecular formula is C13H25N5O2. The van der Waals surface area contributed by atoms with Crippen molar-refractivity contribution < 1.29 is 9.84 Å². The summed E-state index contributed by atoms with van der Waals surface area (Å²) >= 11 is 0. The van der Waals surface area contributed by atoms with Crippen LogP contribution in [-0.4, -0.2) is 52.9 Å². The topological polar surface area (TPSA) is 83.4 Å². The van der Waals surface area contributed by atoms with Gasteiger partial charge in [-0.25, -0.2) is 0 Å². The van der Waals surface area contributed by atoms with Crippen molar-refractivity contribution in [1.82, 2.24) is 15.0 Å². The molecule has 0 spiro atoms. The summed E-state index contributed by atoms with van der Waals surface area (Å²) in [6.07, 6.45) is 1.30. The molecule has 0 aromatic carbocycles. The summed E-state index contributed by atoms with van der Waals surface area (Å²) in [5, 5.41) is 12.5. The Kier molecular flexibility index (Phi) is 7.00. The number of aromatic nitrogens is 3. The molecule has 0 saturated heterocycles. The summed E-state index contributed by atoms with van der Waals surface area (Å²) < 4.78 is 5.36. The molecule has 0 bridgehead atoms. The molecule has 1 atom stereocenters. The standard InChI is InChI=1S/C13H25N5O2/c1-5-8-14-11-15-12(17-13(16-11)20-6-2)18(4)9-7-10(3)19/h10,19H,5-9H2,1-4H3,(H,14,15,16,17). The average Bonchev–Trinajstić information content (AvgIpc) is 2.42. The Morgan fingerprint density at radius 1 is 1.30 bits per heavy atom. The number of aliphatic hydroxyl groups excluding tert-OH is 1. The molecular weight excluding hydrogens is 258 g/mol. The van der Waals surface area contributed by atoms with Crippen LogP contribution in [0, 0.1) is 0 Å². The second-order valence-electron chi connectivity index (χ2n) is 4.66. The van der Waals surface area contributed by atoms with E-state index in [1.54, 1.807) is 6.92 Å². The van der Waals surface area contributed by atoms with Crippen LogP contribution in [0.25, 0.3) is 0 Å². The van der Waals surface area contributed by atoms with Gasteiger partial charge in [0.15, 0.2) is 0 Å². The molecule has 0 aliphatic rings. The summed E-state index contributed by atoms with van der Waals surface area (Å²) in [6.45, 7) is 7.70. The first-order chi connectivity index (χ1) is 9.56. The first-order valence-corrected chi connectivity index (χ1v) is 7.08. The van der Waals surface area contributed by atoms with E-state index in [-0.39, 0.29) is 6.10 Å². The van der Waals surface area contributed by atoms with Crippen LogP contribution in [0.4, 0.5) is 11.9 Å². The Labute approximate surface area is 120 Å². The van der Waals surface area contributed by atoms with E-state index in [1.165, 1.54) is 0 Å². The van der Waals surface area contributed by atoms with Crippen LogP contribution in [0.3, 0.4) is 0 Å². The minimum Gasteiger partial charge on any atom is -0.464 e. The Bertz CT molecular complexity index is 400. The highest BCUT2D eigenvalue weighted by Crippen LogP contribution is 2.14. The highest BCUT2D eigenvalue weighted by Gasteiger charge is 2.11. The number of hydrogen-bond donors (Lipinski definition) is 2. The van der Waals surface area contributed by atoms with Gasteiger partial charge < -0.3 is 20.1 Å². The maximum atomic E-state index is 9.34. The van der Waals surface area contributed by atoms with E-state index in [0.29, 0.717) is 37.5 Å². The van der Waals surface area contributed by atoms with Gasteiger partial charge in [0.05, 0.1) is 12.7 Å². The molecule has 1 aromatic heterocycles. The molecule has 114 valence electrons. The van der Waals surface area contributed by atoms with E-state index >= 15 is 0 Å². The Morgan fingerprint density at radius 2 is 2.05 bits per heavy atom. The van der Waals surface area contributed by atoms with Gasteiger partial charge >= 0.3 is 6.01 Å². The second kappa shape index (κ2) is 8.52. The summed E-state index contributed by atoms with van der Waals surface area (Å²) in [5.41, 5.74) is 0. The second-order valence-corrected chi connectivity index (χ2v) is 4.66. The van der Waals surface area contributed by atoms with Gasteiger partial charge in [0.25, 0.3) is 0 Å². The van der Waals surface area contributed by atoms with E-state index in [0.717, 1.165) is 13.0 Å². The molecule has 1 heterocycles. The van der Waals surface area contributed by atoms with Gasteiger partial charge in [0, 0.05) is 20.1 Å². The lowest BCUT2D eigenvalue weighted by Gasteiger charge is -2.18. The number of nitrogens with one attached hydrogen (secondary N) is 1. The highest BCUT2D eigenvalue weighted by molar-refractivity contribution is 5.37. The van der Waals surface area contributed by atoms with Gasteiger partial charge in [-0.15, -0.1) is 0 Å². The van der Waals surface area contributed by atoms with Crippen molar-refractivity contribution in [2.75, 3.05) is 37.0 Å². The fraction of sp³-hybridized carbons (Fsp3) is 0.769. The summed E-state index contributed by atoms with van der Waals surface area (Å²) in [6, 6.07) is 0.319. The molecule has 1 aromatic rings. The maximum absolute atomic E-state index is 9.34. The molecule has 1 unspecified atom stereocenters. The Hall–Kier alpha value is -1.63.